The topological polar surface area (TPSA) is 51.2 Å². The van der Waals surface area contributed by atoms with Crippen LogP contribution in [0.1, 0.15) is 29.5 Å². The first-order chi connectivity index (χ1) is 10.7. The summed E-state index contributed by atoms with van der Waals surface area (Å²) in [4.78, 5) is 16.8. The Morgan fingerprint density at radius 1 is 1.32 bits per heavy atom. The van der Waals surface area contributed by atoms with Crippen LogP contribution in [0.2, 0.25) is 0 Å². The molecular weight excluding hydrogens is 276 g/mol. The number of aryl methyl sites for hydroxylation is 1. The molecule has 2 aromatic rings. The molecular formula is C18H20N2O2. The number of pyridine rings is 1. The van der Waals surface area contributed by atoms with Crippen LogP contribution < -0.4 is 10.1 Å². The Hall–Kier alpha value is -2.36. The standard InChI is InChI=1S/C18H20N2O2/c1-13-5-3-7-15(11-13)18(8-9-18)17(21)20-12-14-6-4-10-19-16(14)22-2/h3-7,10-11H,8-9,12H2,1-2H3,(H,20,21). The lowest BCUT2D eigenvalue weighted by molar-refractivity contribution is -0.123. The molecule has 0 aliphatic heterocycles. The van der Waals surface area contributed by atoms with Crippen LogP contribution in [0.25, 0.3) is 0 Å². The van der Waals surface area contributed by atoms with Crippen LogP contribution in [-0.4, -0.2) is 18.0 Å². The van der Waals surface area contributed by atoms with E-state index in [0.29, 0.717) is 12.4 Å². The van der Waals surface area contributed by atoms with Crippen LogP contribution in [-0.2, 0) is 16.8 Å². The van der Waals surface area contributed by atoms with Crippen molar-refractivity contribution in [3.05, 3.63) is 59.3 Å². The molecule has 0 atom stereocenters. The van der Waals surface area contributed by atoms with Gasteiger partial charge in [0.25, 0.3) is 0 Å². The number of carbonyl (C=O) groups is 1. The summed E-state index contributed by atoms with van der Waals surface area (Å²) >= 11 is 0. The van der Waals surface area contributed by atoms with Crippen molar-refractivity contribution in [2.24, 2.45) is 0 Å². The molecule has 114 valence electrons. The zero-order chi connectivity index (χ0) is 15.6. The van der Waals surface area contributed by atoms with E-state index in [1.54, 1.807) is 13.3 Å². The summed E-state index contributed by atoms with van der Waals surface area (Å²) in [5.41, 5.74) is 2.84. The maximum absolute atomic E-state index is 12.6. The normalized spacial score (nSPS) is 15.2. The van der Waals surface area contributed by atoms with Crippen molar-refractivity contribution in [2.75, 3.05) is 7.11 Å². The van der Waals surface area contributed by atoms with Gasteiger partial charge in [0.05, 0.1) is 12.5 Å². The molecule has 1 aromatic heterocycles. The molecule has 1 aliphatic carbocycles. The summed E-state index contributed by atoms with van der Waals surface area (Å²) in [7, 11) is 1.59. The number of benzene rings is 1. The minimum absolute atomic E-state index is 0.0870. The van der Waals surface area contributed by atoms with Crippen molar-refractivity contribution in [1.29, 1.82) is 0 Å². The lowest BCUT2D eigenvalue weighted by Gasteiger charge is -2.17. The van der Waals surface area contributed by atoms with Gasteiger partial charge < -0.3 is 10.1 Å². The SMILES string of the molecule is COc1ncccc1CNC(=O)C1(c2cccc(C)c2)CC1. The highest BCUT2D eigenvalue weighted by Gasteiger charge is 2.51. The number of hydrogen-bond donors (Lipinski definition) is 1. The second kappa shape index (κ2) is 5.79. The third-order valence-corrected chi connectivity index (χ3v) is 4.24. The van der Waals surface area contributed by atoms with Gasteiger partial charge in [0, 0.05) is 18.3 Å². The van der Waals surface area contributed by atoms with Gasteiger partial charge in [-0.05, 0) is 31.4 Å². The van der Waals surface area contributed by atoms with Crippen molar-refractivity contribution in [2.45, 2.75) is 31.7 Å². The summed E-state index contributed by atoms with van der Waals surface area (Å²) in [6, 6.07) is 12.0. The Bertz CT molecular complexity index is 693. The van der Waals surface area contributed by atoms with E-state index in [9.17, 15) is 4.79 Å². The fourth-order valence-electron chi connectivity index (χ4n) is 2.80. The zero-order valence-electron chi connectivity index (χ0n) is 12.9. The van der Waals surface area contributed by atoms with Crippen molar-refractivity contribution in [3.63, 3.8) is 0 Å². The van der Waals surface area contributed by atoms with Crippen molar-refractivity contribution in [3.8, 4) is 5.88 Å². The number of aromatic nitrogens is 1. The van der Waals surface area contributed by atoms with Crippen molar-refractivity contribution in [1.82, 2.24) is 10.3 Å². The van der Waals surface area contributed by atoms with Crippen LogP contribution in [0.4, 0.5) is 0 Å². The van der Waals surface area contributed by atoms with Crippen LogP contribution in [0.5, 0.6) is 5.88 Å². The Morgan fingerprint density at radius 3 is 2.82 bits per heavy atom. The van der Waals surface area contributed by atoms with E-state index in [-0.39, 0.29) is 11.3 Å². The molecule has 0 spiro atoms. The first kappa shape index (κ1) is 14.6. The van der Waals surface area contributed by atoms with E-state index in [1.165, 1.54) is 5.56 Å². The quantitative estimate of drug-likeness (QED) is 0.923. The largest absolute Gasteiger partial charge is 0.481 e. The third-order valence-electron chi connectivity index (χ3n) is 4.24. The van der Waals surface area contributed by atoms with Crippen LogP contribution in [0, 0.1) is 6.92 Å². The van der Waals surface area contributed by atoms with Crippen LogP contribution in [0.15, 0.2) is 42.6 Å². The molecule has 1 amide bonds. The van der Waals surface area contributed by atoms with Crippen LogP contribution >= 0.6 is 0 Å². The van der Waals surface area contributed by atoms with Gasteiger partial charge in [0.1, 0.15) is 0 Å². The lowest BCUT2D eigenvalue weighted by Crippen LogP contribution is -2.34. The average molecular weight is 296 g/mol. The van der Waals surface area contributed by atoms with Crippen molar-refractivity contribution >= 4 is 5.91 Å². The molecule has 1 N–H and O–H groups in total. The molecule has 1 aromatic carbocycles. The van der Waals surface area contributed by atoms with E-state index in [1.807, 2.05) is 24.3 Å². The molecule has 4 heteroatoms. The Morgan fingerprint density at radius 2 is 2.14 bits per heavy atom. The highest BCUT2D eigenvalue weighted by atomic mass is 16.5. The van der Waals surface area contributed by atoms with E-state index in [0.717, 1.165) is 24.0 Å². The minimum Gasteiger partial charge on any atom is -0.481 e. The number of methoxy groups -OCH3 is 1. The molecule has 1 saturated carbocycles. The van der Waals surface area contributed by atoms with Crippen LogP contribution in [0.3, 0.4) is 0 Å². The predicted octanol–water partition coefficient (Wildman–Crippen LogP) is 2.75. The Balaban J connectivity index is 1.72. The van der Waals surface area contributed by atoms with Gasteiger partial charge in [-0.3, -0.25) is 4.79 Å². The summed E-state index contributed by atoms with van der Waals surface area (Å²) < 4.78 is 5.22. The van der Waals surface area contributed by atoms with E-state index < -0.39 is 0 Å². The fraction of sp³-hybridized carbons (Fsp3) is 0.333. The number of nitrogens with one attached hydrogen (secondary N) is 1. The van der Waals surface area contributed by atoms with E-state index in [2.05, 4.69) is 29.4 Å². The molecule has 1 heterocycles. The summed E-state index contributed by atoms with van der Waals surface area (Å²) in [5, 5.41) is 3.04. The molecule has 1 aliphatic rings. The van der Waals surface area contributed by atoms with Gasteiger partial charge >= 0.3 is 0 Å². The highest BCUT2D eigenvalue weighted by Crippen LogP contribution is 2.48. The number of nitrogens with zero attached hydrogens (tertiary/aromatic N) is 1. The smallest absolute Gasteiger partial charge is 0.230 e. The van der Waals surface area contributed by atoms with Gasteiger partial charge in [-0.2, -0.15) is 0 Å². The van der Waals surface area contributed by atoms with Gasteiger partial charge in [-0.1, -0.05) is 35.9 Å². The molecule has 0 unspecified atom stereocenters. The Kier molecular flexibility index (Phi) is 3.84. The molecule has 0 radical (unpaired) electrons. The number of ether oxygens (including phenoxy) is 1. The Labute approximate surface area is 130 Å². The second-order valence-electron chi connectivity index (χ2n) is 5.81. The fourth-order valence-corrected chi connectivity index (χ4v) is 2.80. The summed E-state index contributed by atoms with van der Waals surface area (Å²) in [5.74, 6) is 0.646. The first-order valence-electron chi connectivity index (χ1n) is 7.49. The maximum Gasteiger partial charge on any atom is 0.230 e. The third kappa shape index (κ3) is 2.69. The summed E-state index contributed by atoms with van der Waals surface area (Å²) in [6.45, 7) is 2.49. The molecule has 0 bridgehead atoms. The zero-order valence-corrected chi connectivity index (χ0v) is 12.9. The highest BCUT2D eigenvalue weighted by molar-refractivity contribution is 5.91. The monoisotopic (exact) mass is 296 g/mol. The number of rotatable bonds is 5. The molecule has 3 rings (SSSR count). The number of hydrogen-bond acceptors (Lipinski definition) is 3. The predicted molar refractivity (Wildman–Crippen MR) is 84.7 cm³/mol. The van der Waals surface area contributed by atoms with E-state index in [4.69, 9.17) is 4.74 Å². The molecule has 22 heavy (non-hydrogen) atoms. The second-order valence-corrected chi connectivity index (χ2v) is 5.81. The molecule has 0 saturated heterocycles. The van der Waals surface area contributed by atoms with Gasteiger partial charge in [0.2, 0.25) is 11.8 Å². The average Bonchev–Trinajstić information content (AvgIpc) is 3.35. The van der Waals surface area contributed by atoms with Crippen molar-refractivity contribution < 1.29 is 9.53 Å². The summed E-state index contributed by atoms with van der Waals surface area (Å²) in [6.07, 6.45) is 3.50. The molecule has 4 nitrogen and oxygen atoms in total. The number of amides is 1. The van der Waals surface area contributed by atoms with Gasteiger partial charge in [0.15, 0.2) is 0 Å². The van der Waals surface area contributed by atoms with Gasteiger partial charge in [-0.15, -0.1) is 0 Å². The van der Waals surface area contributed by atoms with E-state index >= 15 is 0 Å². The maximum atomic E-state index is 12.6. The lowest BCUT2D eigenvalue weighted by atomic mass is 9.93. The number of carbonyl (C=O) groups excluding carboxylic acids is 1. The minimum atomic E-state index is -0.346. The van der Waals surface area contributed by atoms with Gasteiger partial charge in [-0.25, -0.2) is 4.98 Å². The molecule has 1 fully saturated rings. The first-order valence-corrected chi connectivity index (χ1v) is 7.49.